The van der Waals surface area contributed by atoms with E-state index in [-0.39, 0.29) is 31.9 Å². The van der Waals surface area contributed by atoms with Gasteiger partial charge in [0.15, 0.2) is 0 Å². The first-order valence-corrected chi connectivity index (χ1v) is 9.84. The van der Waals surface area contributed by atoms with Crippen LogP contribution < -0.4 is 4.74 Å². The van der Waals surface area contributed by atoms with Gasteiger partial charge in [0.05, 0.1) is 36.0 Å². The second-order valence-electron chi connectivity index (χ2n) is 6.54. The van der Waals surface area contributed by atoms with Gasteiger partial charge in [-0.25, -0.2) is 4.98 Å². The zero-order valence-electron chi connectivity index (χ0n) is 16.3. The fourth-order valence-corrected chi connectivity index (χ4v) is 3.18. The minimum atomic E-state index is -0.170. The molecule has 0 aliphatic heterocycles. The molecule has 0 saturated carbocycles. The number of carbonyl (C=O) groups is 1. The first kappa shape index (κ1) is 21.2. The summed E-state index contributed by atoms with van der Waals surface area (Å²) in [5.74, 6) is 1.09. The summed E-state index contributed by atoms with van der Waals surface area (Å²) in [6, 6.07) is 18.7. The highest BCUT2D eigenvalue weighted by Crippen LogP contribution is 2.20. The molecule has 0 unspecified atom stereocenters. The first-order valence-electron chi connectivity index (χ1n) is 9.46. The molecule has 0 fully saturated rings. The molecule has 0 spiro atoms. The van der Waals surface area contributed by atoms with Crippen molar-refractivity contribution in [3.05, 3.63) is 59.4 Å². The topological polar surface area (TPSA) is 94.9 Å². The molecule has 0 saturated heterocycles. The lowest BCUT2D eigenvalue weighted by Crippen LogP contribution is -2.35. The Kier molecular flexibility index (Phi) is 7.26. The van der Waals surface area contributed by atoms with Crippen LogP contribution in [0, 0.1) is 22.7 Å². The van der Waals surface area contributed by atoms with E-state index < -0.39 is 0 Å². The number of ether oxygens (including phenoxy) is 1. The third-order valence-corrected chi connectivity index (χ3v) is 4.80. The lowest BCUT2D eigenvalue weighted by Gasteiger charge is -2.21. The normalized spacial score (nSPS) is 10.4. The van der Waals surface area contributed by atoms with Crippen LogP contribution in [-0.4, -0.2) is 33.4 Å². The zero-order valence-corrected chi connectivity index (χ0v) is 17.0. The molecule has 1 aromatic heterocycles. The smallest absolute Gasteiger partial charge is 0.242 e. The van der Waals surface area contributed by atoms with E-state index in [2.05, 4.69) is 4.98 Å². The van der Waals surface area contributed by atoms with Crippen LogP contribution in [0.15, 0.2) is 48.5 Å². The molecule has 8 heteroatoms. The van der Waals surface area contributed by atoms with Crippen molar-refractivity contribution in [1.29, 1.82) is 10.5 Å². The Morgan fingerprint density at radius 2 is 1.73 bits per heavy atom. The van der Waals surface area contributed by atoms with Gasteiger partial charge in [-0.1, -0.05) is 23.7 Å². The molecule has 0 atom stereocenters. The molecule has 2 aromatic carbocycles. The maximum Gasteiger partial charge on any atom is 0.242 e. The van der Waals surface area contributed by atoms with E-state index in [1.54, 1.807) is 29.2 Å². The number of nitrogens with zero attached hydrogens (tertiary/aromatic N) is 5. The summed E-state index contributed by atoms with van der Waals surface area (Å²) in [7, 11) is 0. The molecule has 0 aliphatic carbocycles. The number of rotatable bonds is 9. The largest absolute Gasteiger partial charge is 0.486 e. The van der Waals surface area contributed by atoms with E-state index in [0.717, 1.165) is 11.0 Å². The average molecular weight is 422 g/mol. The van der Waals surface area contributed by atoms with Crippen LogP contribution in [0.5, 0.6) is 5.75 Å². The Balaban J connectivity index is 1.83. The maximum absolute atomic E-state index is 12.9. The molecule has 7 nitrogen and oxygen atoms in total. The molecule has 0 aliphatic rings. The van der Waals surface area contributed by atoms with Gasteiger partial charge in [-0.3, -0.25) is 4.79 Å². The number of para-hydroxylation sites is 2. The van der Waals surface area contributed by atoms with Crippen molar-refractivity contribution in [3.8, 4) is 17.9 Å². The molecular weight excluding hydrogens is 402 g/mol. The van der Waals surface area contributed by atoms with E-state index in [0.29, 0.717) is 29.7 Å². The highest BCUT2D eigenvalue weighted by atomic mass is 35.5. The number of halogens is 1. The summed E-state index contributed by atoms with van der Waals surface area (Å²) in [6.45, 7) is 0.817. The molecule has 0 N–H and O–H groups in total. The van der Waals surface area contributed by atoms with Crippen LogP contribution in [0.2, 0.25) is 5.02 Å². The van der Waals surface area contributed by atoms with Gasteiger partial charge in [0.25, 0.3) is 0 Å². The Bertz CT molecular complexity index is 1080. The Morgan fingerprint density at radius 3 is 2.40 bits per heavy atom. The number of nitriles is 2. The van der Waals surface area contributed by atoms with Gasteiger partial charge in [0.1, 0.15) is 24.7 Å². The minimum absolute atomic E-state index is 0.0523. The predicted octanol–water partition coefficient (Wildman–Crippen LogP) is 3.92. The number of fused-ring (bicyclic) bond motifs is 1. The number of amides is 1. The monoisotopic (exact) mass is 421 g/mol. The number of hydrogen-bond acceptors (Lipinski definition) is 5. The van der Waals surface area contributed by atoms with Crippen LogP contribution >= 0.6 is 11.6 Å². The third-order valence-electron chi connectivity index (χ3n) is 4.55. The van der Waals surface area contributed by atoms with Gasteiger partial charge in [-0.05, 0) is 36.4 Å². The molecule has 0 radical (unpaired) electrons. The summed E-state index contributed by atoms with van der Waals surface area (Å²) < 4.78 is 7.65. The molecule has 1 heterocycles. The van der Waals surface area contributed by atoms with Crippen LogP contribution in [-0.2, 0) is 17.9 Å². The molecule has 30 heavy (non-hydrogen) atoms. The van der Waals surface area contributed by atoms with Gasteiger partial charge in [0, 0.05) is 18.1 Å². The fraction of sp³-hybridized carbons (Fsp3) is 0.273. The predicted molar refractivity (Wildman–Crippen MR) is 113 cm³/mol. The van der Waals surface area contributed by atoms with Gasteiger partial charge < -0.3 is 14.2 Å². The van der Waals surface area contributed by atoms with Crippen molar-refractivity contribution in [2.45, 2.75) is 26.0 Å². The van der Waals surface area contributed by atoms with Crippen LogP contribution in [0.25, 0.3) is 11.0 Å². The van der Waals surface area contributed by atoms with Gasteiger partial charge in [0.2, 0.25) is 5.91 Å². The van der Waals surface area contributed by atoms with E-state index in [1.165, 1.54) is 0 Å². The number of carbonyl (C=O) groups excluding carboxylic acids is 1. The molecule has 1 amide bonds. The van der Waals surface area contributed by atoms with E-state index in [4.69, 9.17) is 26.9 Å². The SMILES string of the molecule is N#CCCN(CCC#N)C(=O)Cn1c(COc2ccc(Cl)cc2)nc2ccccc21. The lowest BCUT2D eigenvalue weighted by molar-refractivity contribution is -0.131. The van der Waals surface area contributed by atoms with Crippen molar-refractivity contribution in [3.63, 3.8) is 0 Å². The van der Waals surface area contributed by atoms with Gasteiger partial charge in [-0.15, -0.1) is 0 Å². The van der Waals surface area contributed by atoms with Crippen molar-refractivity contribution in [2.24, 2.45) is 0 Å². The molecular formula is C22H20ClN5O2. The molecule has 0 bridgehead atoms. The summed E-state index contributed by atoms with van der Waals surface area (Å²) >= 11 is 5.91. The number of hydrogen-bond donors (Lipinski definition) is 0. The molecule has 3 aromatic rings. The van der Waals surface area contributed by atoms with Crippen LogP contribution in [0.3, 0.4) is 0 Å². The average Bonchev–Trinajstić information content (AvgIpc) is 3.11. The highest BCUT2D eigenvalue weighted by molar-refractivity contribution is 6.30. The summed E-state index contributed by atoms with van der Waals surface area (Å²) in [5, 5.41) is 18.4. The maximum atomic E-state index is 12.9. The Labute approximate surface area is 179 Å². The van der Waals surface area contributed by atoms with E-state index >= 15 is 0 Å². The van der Waals surface area contributed by atoms with E-state index in [9.17, 15) is 4.79 Å². The summed E-state index contributed by atoms with van der Waals surface area (Å²) in [6.07, 6.45) is 0.433. The molecule has 152 valence electrons. The number of imidazole rings is 1. The van der Waals surface area contributed by atoms with Crippen molar-refractivity contribution in [2.75, 3.05) is 13.1 Å². The summed E-state index contributed by atoms with van der Waals surface area (Å²) in [4.78, 5) is 19.1. The van der Waals surface area contributed by atoms with Crippen molar-refractivity contribution < 1.29 is 9.53 Å². The number of benzene rings is 2. The van der Waals surface area contributed by atoms with Crippen molar-refractivity contribution >= 4 is 28.5 Å². The Hall–Kier alpha value is -3.55. The zero-order chi connectivity index (χ0) is 21.3. The third kappa shape index (κ3) is 5.28. The first-order chi connectivity index (χ1) is 14.6. The van der Waals surface area contributed by atoms with Crippen molar-refractivity contribution in [1.82, 2.24) is 14.5 Å². The van der Waals surface area contributed by atoms with E-state index in [1.807, 2.05) is 41.0 Å². The van der Waals surface area contributed by atoms with Crippen LogP contribution in [0.1, 0.15) is 18.7 Å². The molecule has 3 rings (SSSR count). The quantitative estimate of drug-likeness (QED) is 0.521. The van der Waals surface area contributed by atoms with Gasteiger partial charge >= 0.3 is 0 Å². The fourth-order valence-electron chi connectivity index (χ4n) is 3.06. The standard InChI is InChI=1S/C22H20ClN5O2/c23-17-7-9-18(10-8-17)30-16-21-26-19-5-1-2-6-20(19)28(21)15-22(29)27(13-3-11-24)14-4-12-25/h1-2,5-10H,3-4,13-16H2. The summed E-state index contributed by atoms with van der Waals surface area (Å²) in [5.41, 5.74) is 1.58. The second-order valence-corrected chi connectivity index (χ2v) is 6.98. The lowest BCUT2D eigenvalue weighted by atomic mass is 10.3. The minimum Gasteiger partial charge on any atom is -0.486 e. The number of aromatic nitrogens is 2. The highest BCUT2D eigenvalue weighted by Gasteiger charge is 2.18. The Morgan fingerprint density at radius 1 is 1.07 bits per heavy atom. The second kappa shape index (κ2) is 10.3. The van der Waals surface area contributed by atoms with Gasteiger partial charge in [-0.2, -0.15) is 10.5 Å². The van der Waals surface area contributed by atoms with Crippen LogP contribution in [0.4, 0.5) is 0 Å².